The molecule has 0 aliphatic carbocycles. The first-order valence-electron chi connectivity index (χ1n) is 10.6. The van der Waals surface area contributed by atoms with Crippen molar-refractivity contribution in [3.63, 3.8) is 0 Å². The normalized spacial score (nSPS) is 18.3. The van der Waals surface area contributed by atoms with Crippen molar-refractivity contribution in [1.82, 2.24) is 19.6 Å². The van der Waals surface area contributed by atoms with Gasteiger partial charge in [-0.15, -0.1) is 0 Å². The summed E-state index contributed by atoms with van der Waals surface area (Å²) in [7, 11) is 0. The molecule has 0 radical (unpaired) electrons. The fourth-order valence-corrected chi connectivity index (χ4v) is 4.12. The Hall–Kier alpha value is -2.25. The molecule has 1 aromatic rings. The SMILES string of the molecule is O=C(O)CN1CCN(CC(=O)O)CCN(Cc2cc(Br)ccc2O)CCN(CC(=O)O)CC1. The Labute approximate surface area is 200 Å². The molecular formula is C21H31BrN4O7. The van der Waals surface area contributed by atoms with Gasteiger partial charge in [-0.3, -0.25) is 34.0 Å². The van der Waals surface area contributed by atoms with Crippen LogP contribution in [0.3, 0.4) is 0 Å². The molecule has 33 heavy (non-hydrogen) atoms. The van der Waals surface area contributed by atoms with E-state index < -0.39 is 17.9 Å². The number of aromatic hydroxyl groups is 1. The average molecular weight is 531 g/mol. The highest BCUT2D eigenvalue weighted by Gasteiger charge is 2.20. The minimum Gasteiger partial charge on any atom is -0.508 e. The Morgan fingerprint density at radius 3 is 1.42 bits per heavy atom. The minimum atomic E-state index is -0.989. The molecule has 1 aliphatic rings. The van der Waals surface area contributed by atoms with Gasteiger partial charge in [-0.2, -0.15) is 0 Å². The van der Waals surface area contributed by atoms with Gasteiger partial charge in [0.1, 0.15) is 5.75 Å². The molecule has 12 heteroatoms. The topological polar surface area (TPSA) is 145 Å². The number of hydrogen-bond donors (Lipinski definition) is 4. The third-order valence-corrected chi connectivity index (χ3v) is 5.94. The van der Waals surface area contributed by atoms with Crippen LogP contribution < -0.4 is 0 Å². The second kappa shape index (κ2) is 13.5. The average Bonchev–Trinajstić information content (AvgIpc) is 2.71. The van der Waals surface area contributed by atoms with Crippen LogP contribution in [0.15, 0.2) is 22.7 Å². The van der Waals surface area contributed by atoms with Crippen molar-refractivity contribution in [2.45, 2.75) is 6.54 Å². The van der Waals surface area contributed by atoms with Crippen molar-refractivity contribution < 1.29 is 34.8 Å². The van der Waals surface area contributed by atoms with Gasteiger partial charge in [0.25, 0.3) is 0 Å². The lowest BCUT2D eigenvalue weighted by Gasteiger charge is -2.33. The van der Waals surface area contributed by atoms with E-state index in [2.05, 4.69) is 20.8 Å². The van der Waals surface area contributed by atoms with Gasteiger partial charge in [0.05, 0.1) is 19.6 Å². The van der Waals surface area contributed by atoms with E-state index >= 15 is 0 Å². The number of carboxylic acids is 3. The fraction of sp³-hybridized carbons (Fsp3) is 0.571. The van der Waals surface area contributed by atoms with Gasteiger partial charge in [-0.1, -0.05) is 15.9 Å². The highest BCUT2D eigenvalue weighted by atomic mass is 79.9. The van der Waals surface area contributed by atoms with Crippen molar-refractivity contribution in [3.05, 3.63) is 28.2 Å². The number of phenols is 1. The Kier molecular flexibility index (Phi) is 11.0. The van der Waals surface area contributed by atoms with Crippen molar-refractivity contribution in [2.24, 2.45) is 0 Å². The van der Waals surface area contributed by atoms with E-state index in [9.17, 15) is 34.8 Å². The second-order valence-corrected chi connectivity index (χ2v) is 8.97. The van der Waals surface area contributed by atoms with Gasteiger partial charge in [0.15, 0.2) is 0 Å². The van der Waals surface area contributed by atoms with Crippen LogP contribution in [0.25, 0.3) is 0 Å². The molecule has 4 N–H and O–H groups in total. The van der Waals surface area contributed by atoms with Crippen LogP contribution in [0, 0.1) is 0 Å². The number of hydrogen-bond acceptors (Lipinski definition) is 8. The first-order chi connectivity index (χ1) is 15.6. The maximum absolute atomic E-state index is 11.3. The van der Waals surface area contributed by atoms with Crippen LogP contribution in [-0.4, -0.2) is 130 Å². The fourth-order valence-electron chi connectivity index (χ4n) is 3.71. The summed E-state index contributed by atoms with van der Waals surface area (Å²) in [6.45, 7) is 3.20. The summed E-state index contributed by atoms with van der Waals surface area (Å²) in [5, 5.41) is 38.0. The molecule has 1 aliphatic heterocycles. The molecular weight excluding hydrogens is 500 g/mol. The molecule has 0 spiro atoms. The van der Waals surface area contributed by atoms with Gasteiger partial charge < -0.3 is 20.4 Å². The molecule has 2 rings (SSSR count). The zero-order chi connectivity index (χ0) is 24.4. The molecule has 0 amide bonds. The quantitative estimate of drug-likeness (QED) is 0.363. The number of carboxylic acid groups (broad SMARTS) is 3. The van der Waals surface area contributed by atoms with Crippen molar-refractivity contribution in [3.8, 4) is 5.75 Å². The molecule has 1 heterocycles. The largest absolute Gasteiger partial charge is 0.508 e. The number of phenolic OH excluding ortho intramolecular Hbond substituents is 1. The number of carbonyl (C=O) groups is 3. The zero-order valence-corrected chi connectivity index (χ0v) is 20.0. The minimum absolute atomic E-state index is 0.151. The van der Waals surface area contributed by atoms with E-state index in [1.54, 1.807) is 26.8 Å². The van der Waals surface area contributed by atoms with Crippen LogP contribution >= 0.6 is 15.9 Å². The van der Waals surface area contributed by atoms with Crippen LogP contribution in [-0.2, 0) is 20.9 Å². The lowest BCUT2D eigenvalue weighted by Crippen LogP contribution is -2.48. The third kappa shape index (κ3) is 10.5. The van der Waals surface area contributed by atoms with E-state index in [0.717, 1.165) is 4.47 Å². The predicted octanol–water partition coefficient (Wildman–Crippen LogP) is 0.130. The Morgan fingerprint density at radius 2 is 1.06 bits per heavy atom. The van der Waals surface area contributed by atoms with Crippen molar-refractivity contribution >= 4 is 33.8 Å². The molecule has 0 saturated carbocycles. The third-order valence-electron chi connectivity index (χ3n) is 5.44. The first-order valence-corrected chi connectivity index (χ1v) is 11.4. The molecule has 184 valence electrons. The maximum atomic E-state index is 11.3. The van der Waals surface area contributed by atoms with Crippen molar-refractivity contribution in [2.75, 3.05) is 72.0 Å². The predicted molar refractivity (Wildman–Crippen MR) is 123 cm³/mol. The summed E-state index contributed by atoms with van der Waals surface area (Å²) in [6, 6.07) is 5.15. The summed E-state index contributed by atoms with van der Waals surface area (Å²) in [5.74, 6) is -2.76. The zero-order valence-electron chi connectivity index (χ0n) is 18.4. The van der Waals surface area contributed by atoms with Crippen LogP contribution in [0.1, 0.15) is 5.56 Å². The smallest absolute Gasteiger partial charge is 0.317 e. The summed E-state index contributed by atoms with van der Waals surface area (Å²) < 4.78 is 0.822. The molecule has 0 aromatic heterocycles. The van der Waals surface area contributed by atoms with E-state index in [4.69, 9.17) is 0 Å². The van der Waals surface area contributed by atoms with Gasteiger partial charge in [-0.25, -0.2) is 0 Å². The van der Waals surface area contributed by atoms with E-state index in [1.165, 1.54) is 0 Å². The number of rotatable bonds is 8. The summed E-state index contributed by atoms with van der Waals surface area (Å²) in [6.07, 6.45) is 0. The molecule has 0 atom stereocenters. The van der Waals surface area contributed by atoms with Gasteiger partial charge in [0.2, 0.25) is 0 Å². The van der Waals surface area contributed by atoms with Gasteiger partial charge in [-0.05, 0) is 18.2 Å². The molecule has 1 saturated heterocycles. The number of halogens is 1. The number of benzene rings is 1. The highest BCUT2D eigenvalue weighted by Crippen LogP contribution is 2.23. The molecule has 0 unspecified atom stereocenters. The van der Waals surface area contributed by atoms with E-state index in [-0.39, 0.29) is 25.4 Å². The molecule has 1 fully saturated rings. The summed E-state index contributed by atoms with van der Waals surface area (Å²) >= 11 is 3.40. The lowest BCUT2D eigenvalue weighted by molar-refractivity contribution is -0.140. The van der Waals surface area contributed by atoms with Crippen LogP contribution in [0.4, 0.5) is 0 Å². The number of nitrogens with zero attached hydrogens (tertiary/aromatic N) is 4. The lowest BCUT2D eigenvalue weighted by atomic mass is 10.2. The second-order valence-electron chi connectivity index (χ2n) is 8.06. The Balaban J connectivity index is 2.20. The summed E-state index contributed by atoms with van der Waals surface area (Å²) in [4.78, 5) is 41.2. The van der Waals surface area contributed by atoms with Gasteiger partial charge in [0, 0.05) is 68.9 Å². The van der Waals surface area contributed by atoms with Crippen LogP contribution in [0.2, 0.25) is 0 Å². The van der Waals surface area contributed by atoms with E-state index in [1.807, 2.05) is 6.07 Å². The molecule has 1 aromatic carbocycles. The van der Waals surface area contributed by atoms with Gasteiger partial charge >= 0.3 is 17.9 Å². The summed E-state index contributed by atoms with van der Waals surface area (Å²) in [5.41, 5.74) is 0.707. The molecule has 0 bridgehead atoms. The first kappa shape index (κ1) is 27.0. The number of aliphatic carboxylic acids is 3. The Bertz CT molecular complexity index is 794. The monoisotopic (exact) mass is 530 g/mol. The van der Waals surface area contributed by atoms with Crippen LogP contribution in [0.5, 0.6) is 5.75 Å². The van der Waals surface area contributed by atoms with E-state index in [0.29, 0.717) is 64.5 Å². The Morgan fingerprint density at radius 1 is 0.697 bits per heavy atom. The maximum Gasteiger partial charge on any atom is 0.317 e. The standard InChI is InChI=1S/C21H31BrN4O7/c22-17-1-2-18(27)16(11-17)12-23-3-5-24(13-19(28)29)7-9-26(15-21(32)33)10-8-25(6-4-23)14-20(30)31/h1-2,11,27H,3-10,12-15H2,(H,28,29)(H,30,31)(H,32,33). The van der Waals surface area contributed by atoms with Crippen molar-refractivity contribution in [1.29, 1.82) is 0 Å². The molecule has 11 nitrogen and oxygen atoms in total. The highest BCUT2D eigenvalue weighted by molar-refractivity contribution is 9.10.